The van der Waals surface area contributed by atoms with Crippen LogP contribution in [0.5, 0.6) is 5.75 Å². The van der Waals surface area contributed by atoms with Crippen LogP contribution in [0.2, 0.25) is 0 Å². The second-order valence-electron chi connectivity index (χ2n) is 7.09. The average Bonchev–Trinajstić information content (AvgIpc) is 3.28. The fraction of sp³-hybridized carbons (Fsp3) is 0.208. The third-order valence-electron chi connectivity index (χ3n) is 4.86. The van der Waals surface area contributed by atoms with Crippen molar-refractivity contribution < 1.29 is 4.74 Å². The summed E-state index contributed by atoms with van der Waals surface area (Å²) in [5.41, 5.74) is 4.65. The Labute approximate surface area is 186 Å². The Balaban J connectivity index is 1.19. The molecule has 0 unspecified atom stereocenters. The molecule has 0 bridgehead atoms. The number of aryl methyl sites for hydroxylation is 1. The van der Waals surface area contributed by atoms with Crippen molar-refractivity contribution in [2.45, 2.75) is 25.2 Å². The lowest BCUT2D eigenvalue weighted by molar-refractivity contribution is 0.305. The molecule has 1 N–H and O–H groups in total. The Morgan fingerprint density at radius 2 is 1.71 bits per heavy atom. The summed E-state index contributed by atoms with van der Waals surface area (Å²) in [5.74, 6) is 1.76. The third kappa shape index (κ3) is 5.93. The molecule has 0 spiro atoms. The summed E-state index contributed by atoms with van der Waals surface area (Å²) < 4.78 is 7.68. The van der Waals surface area contributed by atoms with Gasteiger partial charge in [-0.2, -0.15) is 4.68 Å². The first kappa shape index (κ1) is 21.1. The second-order valence-corrected chi connectivity index (χ2v) is 8.16. The molecule has 31 heavy (non-hydrogen) atoms. The molecule has 1 aromatic heterocycles. The summed E-state index contributed by atoms with van der Waals surface area (Å²) >= 11 is 1.64. The lowest BCUT2D eigenvalue weighted by Crippen LogP contribution is -2.16. The molecule has 7 heteroatoms. The van der Waals surface area contributed by atoms with Crippen LogP contribution < -0.4 is 10.1 Å². The monoisotopic (exact) mass is 431 g/mol. The van der Waals surface area contributed by atoms with E-state index in [1.165, 1.54) is 16.7 Å². The highest BCUT2D eigenvalue weighted by atomic mass is 32.2. The van der Waals surface area contributed by atoms with Crippen LogP contribution in [0, 0.1) is 6.92 Å². The van der Waals surface area contributed by atoms with Gasteiger partial charge in [-0.3, -0.25) is 0 Å². The number of nitrogens with zero attached hydrogens (tertiary/aromatic N) is 4. The number of aromatic nitrogens is 4. The van der Waals surface area contributed by atoms with Gasteiger partial charge in [-0.25, -0.2) is 0 Å². The molecule has 0 atom stereocenters. The fourth-order valence-electron chi connectivity index (χ4n) is 3.08. The normalized spacial score (nSPS) is 10.9. The van der Waals surface area contributed by atoms with Crippen molar-refractivity contribution in [2.75, 3.05) is 12.3 Å². The van der Waals surface area contributed by atoms with E-state index in [-0.39, 0.29) is 0 Å². The summed E-state index contributed by atoms with van der Waals surface area (Å²) in [6.45, 7) is 4.36. The molecule has 3 aromatic carbocycles. The van der Waals surface area contributed by atoms with Gasteiger partial charge in [0.2, 0.25) is 5.16 Å². The second kappa shape index (κ2) is 10.7. The predicted octanol–water partition coefficient (Wildman–Crippen LogP) is 4.43. The maximum atomic E-state index is 5.92. The molecule has 4 rings (SSSR count). The van der Waals surface area contributed by atoms with Gasteiger partial charge in [0.15, 0.2) is 0 Å². The minimum absolute atomic E-state index is 0.587. The van der Waals surface area contributed by atoms with Crippen LogP contribution in [0.15, 0.2) is 84.0 Å². The van der Waals surface area contributed by atoms with E-state index in [1.807, 2.05) is 54.6 Å². The molecule has 4 aromatic rings. The minimum Gasteiger partial charge on any atom is -0.489 e. The van der Waals surface area contributed by atoms with E-state index < -0.39 is 0 Å². The molecule has 0 radical (unpaired) electrons. The molecule has 0 aliphatic heterocycles. The number of hydrogen-bond acceptors (Lipinski definition) is 6. The van der Waals surface area contributed by atoms with Crippen molar-refractivity contribution >= 4 is 11.8 Å². The number of hydrogen-bond donors (Lipinski definition) is 1. The number of ether oxygens (including phenoxy) is 1. The van der Waals surface area contributed by atoms with Crippen LogP contribution in [0.3, 0.4) is 0 Å². The van der Waals surface area contributed by atoms with Crippen LogP contribution in [-0.4, -0.2) is 32.5 Å². The van der Waals surface area contributed by atoms with Crippen molar-refractivity contribution in [3.05, 3.63) is 95.6 Å². The summed E-state index contributed by atoms with van der Waals surface area (Å²) in [5, 5.41) is 16.3. The van der Waals surface area contributed by atoms with Gasteiger partial charge in [0, 0.05) is 18.8 Å². The highest BCUT2D eigenvalue weighted by Gasteiger charge is 2.08. The van der Waals surface area contributed by atoms with E-state index in [0.717, 1.165) is 35.4 Å². The molecule has 0 saturated carbocycles. The Bertz CT molecular complexity index is 1080. The first-order chi connectivity index (χ1) is 15.3. The Kier molecular flexibility index (Phi) is 7.31. The van der Waals surface area contributed by atoms with E-state index in [9.17, 15) is 0 Å². The maximum absolute atomic E-state index is 5.92. The zero-order valence-electron chi connectivity index (χ0n) is 17.4. The van der Waals surface area contributed by atoms with E-state index in [0.29, 0.717) is 6.61 Å². The molecule has 0 saturated heterocycles. The lowest BCUT2D eigenvalue weighted by atomic mass is 10.1. The van der Waals surface area contributed by atoms with Gasteiger partial charge in [-0.1, -0.05) is 66.4 Å². The van der Waals surface area contributed by atoms with Crippen LogP contribution in [-0.2, 0) is 13.2 Å². The lowest BCUT2D eigenvalue weighted by Gasteiger charge is -2.10. The van der Waals surface area contributed by atoms with Crippen LogP contribution in [0.25, 0.3) is 5.69 Å². The summed E-state index contributed by atoms with van der Waals surface area (Å²) in [6.07, 6.45) is 0. The molecule has 158 valence electrons. The third-order valence-corrected chi connectivity index (χ3v) is 5.78. The van der Waals surface area contributed by atoms with Gasteiger partial charge >= 0.3 is 0 Å². The van der Waals surface area contributed by atoms with Gasteiger partial charge in [0.25, 0.3) is 0 Å². The molecule has 1 heterocycles. The van der Waals surface area contributed by atoms with Crippen LogP contribution in [0.1, 0.15) is 16.7 Å². The zero-order chi connectivity index (χ0) is 21.3. The number of thioether (sulfide) groups is 1. The highest BCUT2D eigenvalue weighted by Crippen LogP contribution is 2.18. The maximum Gasteiger partial charge on any atom is 0.214 e. The SMILES string of the molecule is Cc1ccccc1COc1ccc(CNCCSc2nnnn2-c2ccccc2)cc1. The van der Waals surface area contributed by atoms with Gasteiger partial charge in [0.1, 0.15) is 12.4 Å². The molecule has 0 fully saturated rings. The van der Waals surface area contributed by atoms with Gasteiger partial charge in [-0.05, 0) is 58.3 Å². The zero-order valence-corrected chi connectivity index (χ0v) is 18.3. The van der Waals surface area contributed by atoms with Gasteiger partial charge in [0.05, 0.1) is 5.69 Å². The first-order valence-electron chi connectivity index (χ1n) is 10.2. The fourth-order valence-corrected chi connectivity index (χ4v) is 3.87. The molecule has 6 nitrogen and oxygen atoms in total. The van der Waals surface area contributed by atoms with Crippen molar-refractivity contribution in [3.63, 3.8) is 0 Å². The summed E-state index contributed by atoms with van der Waals surface area (Å²) in [7, 11) is 0. The molecular formula is C24H25N5OS. The summed E-state index contributed by atoms with van der Waals surface area (Å²) in [4.78, 5) is 0. The Hall–Kier alpha value is -3.16. The Morgan fingerprint density at radius 3 is 2.52 bits per heavy atom. The largest absolute Gasteiger partial charge is 0.489 e. The first-order valence-corrected chi connectivity index (χ1v) is 11.2. The van der Waals surface area contributed by atoms with Crippen molar-refractivity contribution in [3.8, 4) is 11.4 Å². The van der Waals surface area contributed by atoms with E-state index in [2.05, 4.69) is 52.0 Å². The van der Waals surface area contributed by atoms with E-state index in [1.54, 1.807) is 16.4 Å². The molecule has 0 aliphatic rings. The summed E-state index contributed by atoms with van der Waals surface area (Å²) in [6, 6.07) is 26.5. The van der Waals surface area contributed by atoms with E-state index >= 15 is 0 Å². The number of nitrogens with one attached hydrogen (secondary N) is 1. The quantitative estimate of drug-likeness (QED) is 0.296. The smallest absolute Gasteiger partial charge is 0.214 e. The molecule has 0 aliphatic carbocycles. The van der Waals surface area contributed by atoms with Crippen LogP contribution in [0.4, 0.5) is 0 Å². The standard InChI is InChI=1S/C24H25N5OS/c1-19-7-5-6-8-21(19)18-30-23-13-11-20(12-14-23)17-25-15-16-31-24-26-27-28-29(24)22-9-3-2-4-10-22/h2-14,25H,15-18H2,1H3. The number of tetrazole rings is 1. The van der Waals surface area contributed by atoms with Crippen molar-refractivity contribution in [1.29, 1.82) is 0 Å². The minimum atomic E-state index is 0.587. The molecule has 0 amide bonds. The topological polar surface area (TPSA) is 64.9 Å². The molecular weight excluding hydrogens is 406 g/mol. The number of benzene rings is 3. The average molecular weight is 432 g/mol. The number of rotatable bonds is 10. The van der Waals surface area contributed by atoms with Gasteiger partial charge in [-0.15, -0.1) is 5.10 Å². The van der Waals surface area contributed by atoms with E-state index in [4.69, 9.17) is 4.74 Å². The Morgan fingerprint density at radius 1 is 0.935 bits per heavy atom. The van der Waals surface area contributed by atoms with Gasteiger partial charge < -0.3 is 10.1 Å². The number of para-hydroxylation sites is 1. The van der Waals surface area contributed by atoms with Crippen molar-refractivity contribution in [2.24, 2.45) is 0 Å². The van der Waals surface area contributed by atoms with Crippen molar-refractivity contribution in [1.82, 2.24) is 25.5 Å². The highest BCUT2D eigenvalue weighted by molar-refractivity contribution is 7.99. The van der Waals surface area contributed by atoms with Crippen LogP contribution >= 0.6 is 11.8 Å². The predicted molar refractivity (Wildman–Crippen MR) is 124 cm³/mol.